The largest absolute Gasteiger partial charge is 0.472 e. The number of carbonyl (C=O) groups is 1. The van der Waals surface area contributed by atoms with E-state index in [1.807, 2.05) is 42.5 Å². The number of pyridine rings is 1. The van der Waals surface area contributed by atoms with Crippen LogP contribution in [-0.4, -0.2) is 31.1 Å². The van der Waals surface area contributed by atoms with Crippen LogP contribution < -0.4 is 5.32 Å². The predicted molar refractivity (Wildman–Crippen MR) is 140 cm³/mol. The quantitative estimate of drug-likeness (QED) is 0.242. The van der Waals surface area contributed by atoms with Gasteiger partial charge in [-0.2, -0.15) is 5.10 Å². The maximum Gasteiger partial charge on any atom is 0.224 e. The minimum Gasteiger partial charge on any atom is -0.472 e. The van der Waals surface area contributed by atoms with Crippen LogP contribution >= 0.6 is 0 Å². The van der Waals surface area contributed by atoms with E-state index in [1.165, 1.54) is 0 Å². The summed E-state index contributed by atoms with van der Waals surface area (Å²) in [5.74, 6) is 0.693. The van der Waals surface area contributed by atoms with E-state index in [0.29, 0.717) is 12.2 Å². The second-order valence-corrected chi connectivity index (χ2v) is 8.75. The topological polar surface area (TPSA) is 112 Å². The number of aromatic nitrogens is 5. The van der Waals surface area contributed by atoms with Gasteiger partial charge in [-0.1, -0.05) is 31.5 Å². The Balaban J connectivity index is 1.37. The van der Waals surface area contributed by atoms with Crippen LogP contribution in [0.25, 0.3) is 55.7 Å². The normalized spacial score (nSPS) is 11.4. The average molecular weight is 477 g/mol. The number of benzene rings is 2. The van der Waals surface area contributed by atoms with Gasteiger partial charge < -0.3 is 14.7 Å². The number of hydrogen-bond acceptors (Lipinski definition) is 5. The van der Waals surface area contributed by atoms with Crippen LogP contribution in [0, 0.1) is 0 Å². The highest BCUT2D eigenvalue weighted by Crippen LogP contribution is 2.33. The second-order valence-electron chi connectivity index (χ2n) is 8.75. The molecule has 0 bridgehead atoms. The third-order valence-electron chi connectivity index (χ3n) is 6.25. The number of nitrogens with one attached hydrogen (secondary N) is 3. The van der Waals surface area contributed by atoms with Gasteiger partial charge in [0, 0.05) is 34.8 Å². The van der Waals surface area contributed by atoms with E-state index >= 15 is 0 Å². The van der Waals surface area contributed by atoms with Gasteiger partial charge in [-0.15, -0.1) is 0 Å². The summed E-state index contributed by atoms with van der Waals surface area (Å²) in [4.78, 5) is 24.8. The Hall–Kier alpha value is -4.72. The van der Waals surface area contributed by atoms with Crippen molar-refractivity contribution in [3.8, 4) is 33.8 Å². The molecular weight excluding hydrogens is 452 g/mol. The number of fused-ring (bicyclic) bond motifs is 2. The van der Waals surface area contributed by atoms with Crippen LogP contribution in [0.2, 0.25) is 0 Å². The van der Waals surface area contributed by atoms with Crippen LogP contribution in [0.3, 0.4) is 0 Å². The number of nitrogens with zero attached hydrogens (tertiary/aromatic N) is 3. The van der Waals surface area contributed by atoms with Crippen molar-refractivity contribution in [1.29, 1.82) is 0 Å². The molecule has 8 nitrogen and oxygen atoms in total. The molecule has 0 fully saturated rings. The molecule has 6 aromatic rings. The molecular formula is C28H24N6O2. The number of hydrogen-bond donors (Lipinski definition) is 3. The standard InChI is InChI=1S/C28H24N6O2/c1-2-3-7-25(35)30-20-6-4-5-17(12-20)18-8-9-23-21(13-18)27(34-33-23)28-31-24-15-29-14-22(26(24)32-28)19-10-11-36-16-19/h4-6,8-16H,2-3,7H2,1H3,(H,30,35)(H,31,32)(H,33,34). The summed E-state index contributed by atoms with van der Waals surface area (Å²) in [6.07, 6.45) is 9.26. The molecule has 0 unspecified atom stereocenters. The molecule has 178 valence electrons. The molecule has 1 amide bonds. The molecule has 4 aromatic heterocycles. The number of rotatable bonds is 7. The van der Waals surface area contributed by atoms with E-state index in [0.717, 1.165) is 68.4 Å². The Kier molecular flexibility index (Phi) is 5.53. The van der Waals surface area contributed by atoms with Crippen molar-refractivity contribution in [3.05, 3.63) is 73.5 Å². The Morgan fingerprint density at radius 2 is 1.94 bits per heavy atom. The fourth-order valence-corrected chi connectivity index (χ4v) is 4.39. The number of carbonyl (C=O) groups excluding carboxylic acids is 1. The molecule has 36 heavy (non-hydrogen) atoms. The number of aromatic amines is 2. The van der Waals surface area contributed by atoms with E-state index in [9.17, 15) is 4.79 Å². The zero-order valence-electron chi connectivity index (χ0n) is 19.7. The summed E-state index contributed by atoms with van der Waals surface area (Å²) in [5, 5.41) is 11.6. The summed E-state index contributed by atoms with van der Waals surface area (Å²) >= 11 is 0. The van der Waals surface area contributed by atoms with E-state index in [4.69, 9.17) is 9.40 Å². The maximum atomic E-state index is 12.2. The lowest BCUT2D eigenvalue weighted by molar-refractivity contribution is -0.116. The first-order valence-corrected chi connectivity index (χ1v) is 11.9. The number of H-pyrrole nitrogens is 2. The third-order valence-corrected chi connectivity index (χ3v) is 6.25. The van der Waals surface area contributed by atoms with Gasteiger partial charge >= 0.3 is 0 Å². The van der Waals surface area contributed by atoms with Gasteiger partial charge in [0.15, 0.2) is 5.82 Å². The van der Waals surface area contributed by atoms with E-state index in [1.54, 1.807) is 24.9 Å². The second kappa shape index (κ2) is 9.14. The predicted octanol–water partition coefficient (Wildman–Crippen LogP) is 6.56. The number of unbranched alkanes of at least 4 members (excludes halogenated alkanes) is 1. The minimum atomic E-state index is 0.0377. The molecule has 6 rings (SSSR count). The first kappa shape index (κ1) is 21.8. The van der Waals surface area contributed by atoms with Gasteiger partial charge in [0.2, 0.25) is 5.91 Å². The molecule has 0 aliphatic carbocycles. The fourth-order valence-electron chi connectivity index (χ4n) is 4.39. The SMILES string of the molecule is CCCCC(=O)Nc1cccc(-c2ccc3[nH]nc(-c4nc5c(-c6ccoc6)cncc5[nH]4)c3c2)c1. The molecule has 8 heteroatoms. The maximum absolute atomic E-state index is 12.2. The van der Waals surface area contributed by atoms with Crippen molar-refractivity contribution in [2.24, 2.45) is 0 Å². The Bertz CT molecular complexity index is 1680. The highest BCUT2D eigenvalue weighted by molar-refractivity contribution is 5.98. The van der Waals surface area contributed by atoms with Crippen LogP contribution in [0.5, 0.6) is 0 Å². The number of furan rings is 1. The Labute approximate surface area is 206 Å². The molecule has 0 spiro atoms. The van der Waals surface area contributed by atoms with Crippen molar-refractivity contribution in [2.75, 3.05) is 5.32 Å². The number of amides is 1. The zero-order valence-corrected chi connectivity index (χ0v) is 19.7. The summed E-state index contributed by atoms with van der Waals surface area (Å²) in [6, 6.07) is 15.9. The van der Waals surface area contributed by atoms with Gasteiger partial charge in [-0.05, 0) is 47.9 Å². The molecule has 0 saturated heterocycles. The van der Waals surface area contributed by atoms with Gasteiger partial charge in [0.05, 0.1) is 29.8 Å². The number of anilines is 1. The van der Waals surface area contributed by atoms with Crippen LogP contribution in [0.1, 0.15) is 26.2 Å². The van der Waals surface area contributed by atoms with Crippen LogP contribution in [0.15, 0.2) is 77.9 Å². The molecule has 0 aliphatic rings. The van der Waals surface area contributed by atoms with Gasteiger partial charge in [0.25, 0.3) is 0 Å². The highest BCUT2D eigenvalue weighted by Gasteiger charge is 2.16. The number of imidazole rings is 1. The molecule has 4 heterocycles. The molecule has 2 aromatic carbocycles. The zero-order chi connectivity index (χ0) is 24.5. The highest BCUT2D eigenvalue weighted by atomic mass is 16.3. The molecule has 0 aliphatic heterocycles. The van der Waals surface area contributed by atoms with Crippen molar-refractivity contribution in [1.82, 2.24) is 25.1 Å². The summed E-state index contributed by atoms with van der Waals surface area (Å²) in [5.41, 5.74) is 7.89. The molecule has 0 saturated carbocycles. The van der Waals surface area contributed by atoms with E-state index in [-0.39, 0.29) is 5.91 Å². The van der Waals surface area contributed by atoms with Crippen LogP contribution in [-0.2, 0) is 4.79 Å². The van der Waals surface area contributed by atoms with Gasteiger partial charge in [-0.25, -0.2) is 4.98 Å². The van der Waals surface area contributed by atoms with Crippen molar-refractivity contribution >= 4 is 33.5 Å². The Morgan fingerprint density at radius 3 is 2.81 bits per heavy atom. The van der Waals surface area contributed by atoms with Crippen molar-refractivity contribution < 1.29 is 9.21 Å². The first-order valence-electron chi connectivity index (χ1n) is 11.9. The van der Waals surface area contributed by atoms with Crippen molar-refractivity contribution in [3.63, 3.8) is 0 Å². The van der Waals surface area contributed by atoms with Crippen molar-refractivity contribution in [2.45, 2.75) is 26.2 Å². The monoisotopic (exact) mass is 476 g/mol. The summed E-state index contributed by atoms with van der Waals surface area (Å²) in [7, 11) is 0. The minimum absolute atomic E-state index is 0.0377. The van der Waals surface area contributed by atoms with Crippen LogP contribution in [0.4, 0.5) is 5.69 Å². The average Bonchev–Trinajstić information content (AvgIpc) is 3.66. The van der Waals surface area contributed by atoms with E-state index < -0.39 is 0 Å². The summed E-state index contributed by atoms with van der Waals surface area (Å²) in [6.45, 7) is 2.08. The fraction of sp³-hybridized carbons (Fsp3) is 0.143. The van der Waals surface area contributed by atoms with Gasteiger partial charge in [-0.3, -0.25) is 14.9 Å². The first-order chi connectivity index (χ1) is 17.7. The lowest BCUT2D eigenvalue weighted by Gasteiger charge is -2.08. The molecule has 0 radical (unpaired) electrons. The molecule has 3 N–H and O–H groups in total. The van der Waals surface area contributed by atoms with E-state index in [2.05, 4.69) is 38.5 Å². The third kappa shape index (κ3) is 4.02. The molecule has 0 atom stereocenters. The Morgan fingerprint density at radius 1 is 1.03 bits per heavy atom. The summed E-state index contributed by atoms with van der Waals surface area (Å²) < 4.78 is 5.25. The lowest BCUT2D eigenvalue weighted by Crippen LogP contribution is -2.10. The van der Waals surface area contributed by atoms with Gasteiger partial charge in [0.1, 0.15) is 11.2 Å². The smallest absolute Gasteiger partial charge is 0.224 e. The lowest BCUT2D eigenvalue weighted by atomic mass is 10.0.